The molecule has 1 saturated heterocycles. The highest BCUT2D eigenvalue weighted by Gasteiger charge is 2.44. The minimum absolute atomic E-state index is 0.0225. The van der Waals surface area contributed by atoms with Crippen molar-refractivity contribution in [1.82, 2.24) is 9.55 Å². The van der Waals surface area contributed by atoms with Gasteiger partial charge in [0, 0.05) is 6.20 Å². The molecule has 118 valence electrons. The number of phosphoric ester groups is 1. The monoisotopic (exact) mass is 323 g/mol. The molecule has 1 fully saturated rings. The van der Waals surface area contributed by atoms with Crippen LogP contribution in [0.4, 0.5) is 5.82 Å². The summed E-state index contributed by atoms with van der Waals surface area (Å²) in [7, 11) is -4.74. The van der Waals surface area contributed by atoms with Crippen LogP contribution in [0.25, 0.3) is 0 Å². The fourth-order valence-corrected chi connectivity index (χ4v) is 2.23. The third-order valence-electron chi connectivity index (χ3n) is 2.87. The highest BCUT2D eigenvalue weighted by atomic mass is 31.2. The lowest BCUT2D eigenvalue weighted by Crippen LogP contribution is -2.36. The molecule has 0 spiro atoms. The molecule has 0 aromatic carbocycles. The molecule has 2 rings (SSSR count). The Kier molecular flexibility index (Phi) is 4.44. The van der Waals surface area contributed by atoms with Crippen LogP contribution in [0.1, 0.15) is 6.23 Å². The van der Waals surface area contributed by atoms with E-state index in [4.69, 9.17) is 20.3 Å². The van der Waals surface area contributed by atoms with Gasteiger partial charge in [-0.15, -0.1) is 0 Å². The van der Waals surface area contributed by atoms with Crippen molar-refractivity contribution in [3.8, 4) is 0 Å². The number of phosphoric acid groups is 1. The van der Waals surface area contributed by atoms with Gasteiger partial charge in [-0.3, -0.25) is 9.09 Å². The van der Waals surface area contributed by atoms with Gasteiger partial charge in [-0.2, -0.15) is 4.98 Å². The molecule has 0 unspecified atom stereocenters. The summed E-state index contributed by atoms with van der Waals surface area (Å²) in [5.41, 5.74) is 4.52. The zero-order valence-electron chi connectivity index (χ0n) is 10.5. The summed E-state index contributed by atoms with van der Waals surface area (Å²) in [6.07, 6.45) is -4.27. The number of anilines is 1. The number of nitrogens with two attached hydrogens (primary N) is 1. The maximum Gasteiger partial charge on any atom is 0.469 e. The molecule has 0 radical (unpaired) electrons. The summed E-state index contributed by atoms with van der Waals surface area (Å²) in [4.78, 5) is 32.3. The van der Waals surface area contributed by atoms with Crippen LogP contribution in [0, 0.1) is 0 Å². The average Bonchev–Trinajstić information content (AvgIpc) is 2.64. The number of nitrogens with zero attached hydrogens (tertiary/aromatic N) is 2. The van der Waals surface area contributed by atoms with Crippen LogP contribution in [0.5, 0.6) is 0 Å². The maximum absolute atomic E-state index is 11.6. The largest absolute Gasteiger partial charge is 0.469 e. The number of hydrogen-bond acceptors (Lipinski definition) is 8. The Morgan fingerprint density at radius 1 is 1.43 bits per heavy atom. The first-order valence-electron chi connectivity index (χ1n) is 5.75. The number of nitrogen functional groups attached to an aromatic ring is 1. The lowest BCUT2D eigenvalue weighted by Gasteiger charge is -2.16. The van der Waals surface area contributed by atoms with Crippen molar-refractivity contribution in [3.05, 3.63) is 22.7 Å². The number of rotatable bonds is 4. The lowest BCUT2D eigenvalue weighted by atomic mass is 10.1. The van der Waals surface area contributed by atoms with E-state index in [1.807, 2.05) is 0 Å². The topological polar surface area (TPSA) is 177 Å². The van der Waals surface area contributed by atoms with Gasteiger partial charge in [0.2, 0.25) is 0 Å². The summed E-state index contributed by atoms with van der Waals surface area (Å²) >= 11 is 0. The summed E-state index contributed by atoms with van der Waals surface area (Å²) in [5, 5.41) is 19.6. The van der Waals surface area contributed by atoms with E-state index in [-0.39, 0.29) is 5.82 Å². The van der Waals surface area contributed by atoms with Crippen molar-refractivity contribution in [1.29, 1.82) is 0 Å². The second-order valence-corrected chi connectivity index (χ2v) is 5.61. The van der Waals surface area contributed by atoms with Gasteiger partial charge in [0.1, 0.15) is 24.1 Å². The molecule has 0 bridgehead atoms. The quantitative estimate of drug-likeness (QED) is 0.374. The lowest BCUT2D eigenvalue weighted by molar-refractivity contribution is -0.0542. The van der Waals surface area contributed by atoms with Crippen LogP contribution in [0.15, 0.2) is 17.1 Å². The van der Waals surface area contributed by atoms with Crippen LogP contribution in [-0.2, 0) is 13.8 Å². The molecule has 4 atom stereocenters. The standard InChI is InChI=1S/C9H14N3O8P/c10-5-1-2-12(9(15)11-5)8-7(14)6(13)4(20-8)3-19-21(16,17)18/h1-2,4,6-8,13-14H,3H2,(H2,10,11,15)(H2,16,17,18)/t4-,6+,7+,8+/m0/s1. The first kappa shape index (κ1) is 16.0. The molecule has 1 aromatic rings. The molecule has 1 aliphatic rings. The Balaban J connectivity index is 2.16. The predicted molar refractivity (Wildman–Crippen MR) is 66.8 cm³/mol. The molecule has 1 aliphatic heterocycles. The fraction of sp³-hybridized carbons (Fsp3) is 0.556. The normalized spacial score (nSPS) is 29.7. The van der Waals surface area contributed by atoms with Gasteiger partial charge in [0.25, 0.3) is 0 Å². The summed E-state index contributed by atoms with van der Waals surface area (Å²) < 4.78 is 20.9. The molecule has 0 saturated carbocycles. The van der Waals surface area contributed by atoms with Gasteiger partial charge in [0.05, 0.1) is 6.61 Å². The van der Waals surface area contributed by atoms with Gasteiger partial charge in [-0.05, 0) is 6.07 Å². The highest BCUT2D eigenvalue weighted by molar-refractivity contribution is 7.46. The van der Waals surface area contributed by atoms with Crippen molar-refractivity contribution in [2.75, 3.05) is 12.3 Å². The van der Waals surface area contributed by atoms with Gasteiger partial charge < -0.3 is 30.5 Å². The van der Waals surface area contributed by atoms with Crippen molar-refractivity contribution in [2.45, 2.75) is 24.5 Å². The smallest absolute Gasteiger partial charge is 0.387 e. The number of aliphatic hydroxyl groups excluding tert-OH is 2. The minimum atomic E-state index is -4.74. The van der Waals surface area contributed by atoms with E-state index in [1.54, 1.807) is 0 Å². The van der Waals surface area contributed by atoms with E-state index < -0.39 is 44.7 Å². The first-order chi connectivity index (χ1) is 9.69. The third kappa shape index (κ3) is 3.66. The van der Waals surface area contributed by atoms with Crippen molar-refractivity contribution in [2.24, 2.45) is 0 Å². The predicted octanol–water partition coefficient (Wildman–Crippen LogP) is -2.45. The molecular weight excluding hydrogens is 309 g/mol. The molecule has 6 N–H and O–H groups in total. The van der Waals surface area contributed by atoms with Gasteiger partial charge in [-0.1, -0.05) is 0 Å². The summed E-state index contributed by atoms with van der Waals surface area (Å²) in [6.45, 7) is -0.657. The van der Waals surface area contributed by atoms with Crippen molar-refractivity contribution in [3.63, 3.8) is 0 Å². The molecule has 21 heavy (non-hydrogen) atoms. The zero-order valence-corrected chi connectivity index (χ0v) is 11.4. The van der Waals surface area contributed by atoms with E-state index in [9.17, 15) is 19.6 Å². The molecular formula is C9H14N3O8P. The highest BCUT2D eigenvalue weighted by Crippen LogP contribution is 2.38. The SMILES string of the molecule is Nc1ccn([C@@H]2O[C@@H](COP(=O)(O)O)[C@@H](O)[C@H]2O)c(=O)n1. The molecule has 0 aliphatic carbocycles. The second kappa shape index (κ2) is 5.81. The summed E-state index contributed by atoms with van der Waals surface area (Å²) in [5.74, 6) is -0.0225. The second-order valence-electron chi connectivity index (χ2n) is 4.37. The van der Waals surface area contributed by atoms with E-state index in [0.29, 0.717) is 0 Å². The average molecular weight is 323 g/mol. The molecule has 12 heteroatoms. The minimum Gasteiger partial charge on any atom is -0.387 e. The van der Waals surface area contributed by atoms with E-state index >= 15 is 0 Å². The van der Waals surface area contributed by atoms with Crippen LogP contribution >= 0.6 is 7.82 Å². The Labute approximate surface area is 117 Å². The Morgan fingerprint density at radius 3 is 2.67 bits per heavy atom. The number of aliphatic hydroxyl groups is 2. The Bertz CT molecular complexity index is 615. The Morgan fingerprint density at radius 2 is 2.10 bits per heavy atom. The molecule has 11 nitrogen and oxygen atoms in total. The van der Waals surface area contributed by atoms with Gasteiger partial charge >= 0.3 is 13.5 Å². The van der Waals surface area contributed by atoms with Crippen molar-refractivity contribution >= 4 is 13.6 Å². The van der Waals surface area contributed by atoms with Crippen LogP contribution < -0.4 is 11.4 Å². The van der Waals surface area contributed by atoms with Gasteiger partial charge in [-0.25, -0.2) is 9.36 Å². The van der Waals surface area contributed by atoms with Gasteiger partial charge in [0.15, 0.2) is 6.23 Å². The number of ether oxygens (including phenoxy) is 1. The number of aromatic nitrogens is 2. The Hall–Kier alpha value is -1.33. The zero-order chi connectivity index (χ0) is 15.8. The molecule has 0 amide bonds. The van der Waals surface area contributed by atoms with E-state index in [2.05, 4.69) is 9.51 Å². The number of hydrogen-bond donors (Lipinski definition) is 5. The van der Waals surface area contributed by atoms with Crippen LogP contribution in [0.2, 0.25) is 0 Å². The van der Waals surface area contributed by atoms with E-state index in [0.717, 1.165) is 4.57 Å². The van der Waals surface area contributed by atoms with E-state index in [1.165, 1.54) is 12.3 Å². The maximum atomic E-state index is 11.6. The molecule has 1 aromatic heterocycles. The summed E-state index contributed by atoms with van der Waals surface area (Å²) in [6, 6.07) is 1.29. The first-order valence-corrected chi connectivity index (χ1v) is 7.28. The van der Waals surface area contributed by atoms with Crippen molar-refractivity contribution < 1.29 is 33.8 Å². The third-order valence-corrected chi connectivity index (χ3v) is 3.36. The fourth-order valence-electron chi connectivity index (χ4n) is 1.89. The van der Waals surface area contributed by atoms with Crippen LogP contribution in [0.3, 0.4) is 0 Å². The molecule has 2 heterocycles. The van der Waals surface area contributed by atoms with Crippen LogP contribution in [-0.4, -0.2) is 54.5 Å².